The van der Waals surface area contributed by atoms with Crippen molar-refractivity contribution < 1.29 is 4.52 Å². The van der Waals surface area contributed by atoms with Gasteiger partial charge < -0.3 is 10.3 Å². The van der Waals surface area contributed by atoms with Crippen LogP contribution < -0.4 is 5.73 Å². The molecule has 0 amide bonds. The lowest BCUT2D eigenvalue weighted by Gasteiger charge is -2.16. The first-order valence-electron chi connectivity index (χ1n) is 6.16. The van der Waals surface area contributed by atoms with Gasteiger partial charge in [-0.25, -0.2) is 0 Å². The molecule has 0 aromatic carbocycles. The zero-order valence-corrected chi connectivity index (χ0v) is 10.4. The van der Waals surface area contributed by atoms with Crippen LogP contribution in [0.3, 0.4) is 0 Å². The minimum Gasteiger partial charge on any atom is -0.337 e. The van der Waals surface area contributed by atoms with Gasteiger partial charge in [0.1, 0.15) is 0 Å². The van der Waals surface area contributed by atoms with E-state index in [1.54, 1.807) is 0 Å². The van der Waals surface area contributed by atoms with Gasteiger partial charge in [-0.15, -0.1) is 0 Å². The first-order chi connectivity index (χ1) is 7.53. The number of aromatic nitrogens is 2. The van der Waals surface area contributed by atoms with Crippen molar-refractivity contribution in [3.8, 4) is 0 Å². The van der Waals surface area contributed by atoms with Crippen molar-refractivity contribution in [2.45, 2.75) is 57.9 Å². The van der Waals surface area contributed by atoms with E-state index < -0.39 is 5.54 Å². The Balaban J connectivity index is 2.14. The molecule has 16 heavy (non-hydrogen) atoms. The average molecular weight is 223 g/mol. The molecule has 1 aromatic heterocycles. The van der Waals surface area contributed by atoms with E-state index in [0.29, 0.717) is 11.8 Å². The maximum absolute atomic E-state index is 6.08. The molecular weight excluding hydrogens is 202 g/mol. The third kappa shape index (κ3) is 2.12. The molecule has 0 spiro atoms. The van der Waals surface area contributed by atoms with E-state index in [1.807, 2.05) is 13.8 Å². The summed E-state index contributed by atoms with van der Waals surface area (Å²) in [5.41, 5.74) is 5.59. The van der Waals surface area contributed by atoms with E-state index in [4.69, 9.17) is 10.3 Å². The predicted octanol–water partition coefficient (Wildman–Crippen LogP) is 2.56. The minimum atomic E-state index is -0.491. The molecule has 3 atom stereocenters. The molecule has 0 saturated heterocycles. The number of hydrogen-bond donors (Lipinski definition) is 1. The molecule has 0 bridgehead atoms. The summed E-state index contributed by atoms with van der Waals surface area (Å²) in [6, 6.07) is 0. The highest BCUT2D eigenvalue weighted by atomic mass is 16.5. The summed E-state index contributed by atoms with van der Waals surface area (Å²) in [4.78, 5) is 4.47. The minimum absolute atomic E-state index is 0.472. The van der Waals surface area contributed by atoms with Gasteiger partial charge in [0.25, 0.3) is 0 Å². The largest absolute Gasteiger partial charge is 0.337 e. The molecule has 4 nitrogen and oxygen atoms in total. The highest BCUT2D eigenvalue weighted by molar-refractivity contribution is 5.04. The lowest BCUT2D eigenvalue weighted by Crippen LogP contribution is -2.32. The number of hydrogen-bond acceptors (Lipinski definition) is 4. The third-order valence-corrected chi connectivity index (χ3v) is 3.72. The van der Waals surface area contributed by atoms with Crippen molar-refractivity contribution in [3.63, 3.8) is 0 Å². The fraction of sp³-hybridized carbons (Fsp3) is 0.833. The molecule has 3 unspecified atom stereocenters. The van der Waals surface area contributed by atoms with E-state index in [-0.39, 0.29) is 0 Å². The molecule has 1 aromatic rings. The Bertz CT molecular complexity index is 359. The normalized spacial score (nSPS) is 29.2. The second kappa shape index (κ2) is 4.17. The Morgan fingerprint density at radius 3 is 2.81 bits per heavy atom. The SMILES string of the molecule is CCC(C)(N)c1nc(C2CCC(C)C2)no1. The Kier molecular flexibility index (Phi) is 3.02. The van der Waals surface area contributed by atoms with Crippen LogP contribution >= 0.6 is 0 Å². The molecule has 1 heterocycles. The van der Waals surface area contributed by atoms with Gasteiger partial charge in [-0.2, -0.15) is 4.98 Å². The van der Waals surface area contributed by atoms with E-state index in [0.717, 1.165) is 18.2 Å². The fourth-order valence-electron chi connectivity index (χ4n) is 2.23. The second-order valence-corrected chi connectivity index (χ2v) is 5.34. The summed E-state index contributed by atoms with van der Waals surface area (Å²) in [7, 11) is 0. The van der Waals surface area contributed by atoms with Crippen molar-refractivity contribution >= 4 is 0 Å². The van der Waals surface area contributed by atoms with Crippen LogP contribution in [-0.2, 0) is 5.54 Å². The van der Waals surface area contributed by atoms with Crippen LogP contribution in [0, 0.1) is 5.92 Å². The Labute approximate surface area is 96.6 Å². The van der Waals surface area contributed by atoms with Crippen molar-refractivity contribution in [2.75, 3.05) is 0 Å². The molecule has 1 saturated carbocycles. The van der Waals surface area contributed by atoms with Crippen molar-refractivity contribution in [1.82, 2.24) is 10.1 Å². The third-order valence-electron chi connectivity index (χ3n) is 3.72. The molecular formula is C12H21N3O. The van der Waals surface area contributed by atoms with Gasteiger partial charge in [0.2, 0.25) is 5.89 Å². The number of nitrogens with zero attached hydrogens (tertiary/aromatic N) is 2. The summed E-state index contributed by atoms with van der Waals surface area (Å²) in [5, 5.41) is 4.08. The molecule has 2 N–H and O–H groups in total. The molecule has 4 heteroatoms. The summed E-state index contributed by atoms with van der Waals surface area (Å²) in [6.45, 7) is 6.24. The van der Waals surface area contributed by atoms with Gasteiger partial charge in [-0.1, -0.05) is 19.0 Å². The standard InChI is InChI=1S/C12H21N3O/c1-4-12(3,13)11-14-10(15-16-11)9-6-5-8(2)7-9/h8-9H,4-7,13H2,1-3H3. The molecule has 1 fully saturated rings. The molecule has 90 valence electrons. The molecule has 1 aliphatic rings. The predicted molar refractivity (Wildman–Crippen MR) is 61.9 cm³/mol. The van der Waals surface area contributed by atoms with Crippen molar-refractivity contribution in [1.29, 1.82) is 0 Å². The number of nitrogens with two attached hydrogens (primary N) is 1. The first-order valence-corrected chi connectivity index (χ1v) is 6.16. The van der Waals surface area contributed by atoms with Gasteiger partial charge in [0, 0.05) is 5.92 Å². The van der Waals surface area contributed by atoms with Gasteiger partial charge >= 0.3 is 0 Å². The Hall–Kier alpha value is -0.900. The average Bonchev–Trinajstić information content (AvgIpc) is 2.85. The van der Waals surface area contributed by atoms with Crippen LogP contribution in [-0.4, -0.2) is 10.1 Å². The summed E-state index contributed by atoms with van der Waals surface area (Å²) < 4.78 is 5.28. The maximum atomic E-state index is 6.08. The monoisotopic (exact) mass is 223 g/mol. The van der Waals surface area contributed by atoms with Crippen LogP contribution in [0.25, 0.3) is 0 Å². The van der Waals surface area contributed by atoms with Crippen LogP contribution in [0.2, 0.25) is 0 Å². The lowest BCUT2D eigenvalue weighted by molar-refractivity contribution is 0.289. The van der Waals surface area contributed by atoms with Gasteiger partial charge in [-0.3, -0.25) is 0 Å². The second-order valence-electron chi connectivity index (χ2n) is 5.34. The summed E-state index contributed by atoms with van der Waals surface area (Å²) in [5.74, 6) is 2.68. The maximum Gasteiger partial charge on any atom is 0.246 e. The van der Waals surface area contributed by atoms with E-state index >= 15 is 0 Å². The quantitative estimate of drug-likeness (QED) is 0.855. The van der Waals surface area contributed by atoms with Gasteiger partial charge in [0.05, 0.1) is 5.54 Å². The lowest BCUT2D eigenvalue weighted by atomic mass is 10.0. The smallest absolute Gasteiger partial charge is 0.246 e. The van der Waals surface area contributed by atoms with Crippen LogP contribution in [0.5, 0.6) is 0 Å². The summed E-state index contributed by atoms with van der Waals surface area (Å²) >= 11 is 0. The van der Waals surface area contributed by atoms with Crippen molar-refractivity contribution in [2.24, 2.45) is 11.7 Å². The highest BCUT2D eigenvalue weighted by Crippen LogP contribution is 2.37. The Morgan fingerprint density at radius 2 is 2.25 bits per heavy atom. The van der Waals surface area contributed by atoms with Gasteiger partial charge in [0.15, 0.2) is 5.82 Å². The zero-order chi connectivity index (χ0) is 11.8. The topological polar surface area (TPSA) is 64.9 Å². The fourth-order valence-corrected chi connectivity index (χ4v) is 2.23. The van der Waals surface area contributed by atoms with Crippen LogP contribution in [0.4, 0.5) is 0 Å². The van der Waals surface area contributed by atoms with E-state index in [1.165, 1.54) is 19.3 Å². The van der Waals surface area contributed by atoms with Crippen LogP contribution in [0.15, 0.2) is 4.52 Å². The molecule has 2 rings (SSSR count). The van der Waals surface area contributed by atoms with E-state index in [9.17, 15) is 0 Å². The van der Waals surface area contributed by atoms with Gasteiger partial charge in [-0.05, 0) is 38.5 Å². The highest BCUT2D eigenvalue weighted by Gasteiger charge is 2.30. The van der Waals surface area contributed by atoms with E-state index in [2.05, 4.69) is 17.1 Å². The number of rotatable bonds is 3. The zero-order valence-electron chi connectivity index (χ0n) is 10.4. The molecule has 0 aliphatic heterocycles. The molecule has 0 radical (unpaired) electrons. The van der Waals surface area contributed by atoms with Crippen LogP contribution in [0.1, 0.15) is 64.1 Å². The van der Waals surface area contributed by atoms with Crippen molar-refractivity contribution in [3.05, 3.63) is 11.7 Å². The molecule has 1 aliphatic carbocycles. The Morgan fingerprint density at radius 1 is 1.50 bits per heavy atom. The summed E-state index contributed by atoms with van der Waals surface area (Å²) in [6.07, 6.45) is 4.41. The first kappa shape index (κ1) is 11.6.